The van der Waals surface area contributed by atoms with E-state index < -0.39 is 5.54 Å². The Hall–Kier alpha value is -0.570. The maximum Gasteiger partial charge on any atom is 0.252 e. The number of nitrogens with zero attached hydrogens (tertiary/aromatic N) is 1. The van der Waals surface area contributed by atoms with Crippen LogP contribution in [0.25, 0.3) is 0 Å². The first-order valence-electron chi connectivity index (χ1n) is 7.08. The molecule has 0 saturated heterocycles. The van der Waals surface area contributed by atoms with Crippen molar-refractivity contribution < 1.29 is 10.0 Å². The lowest BCUT2D eigenvalue weighted by atomic mass is 9.43. The fourth-order valence-electron chi connectivity index (χ4n) is 3.96. The molecule has 0 aliphatic heterocycles. The fourth-order valence-corrected chi connectivity index (χ4v) is 3.96. The Kier molecular flexibility index (Phi) is 3.05. The van der Waals surface area contributed by atoms with Crippen LogP contribution < -0.4 is 0 Å². The van der Waals surface area contributed by atoms with Crippen LogP contribution in [0.5, 0.6) is 0 Å². The summed E-state index contributed by atoms with van der Waals surface area (Å²) in [5, 5.41) is 12.8. The number of rotatable bonds is 1. The summed E-state index contributed by atoms with van der Waals surface area (Å²) >= 11 is 0. The third-order valence-corrected chi connectivity index (χ3v) is 5.48. The Labute approximate surface area is 111 Å². The molecule has 3 fully saturated rings. The number of hydroxylamine groups is 2. The molecule has 3 rings (SSSR count). The predicted molar refractivity (Wildman–Crippen MR) is 69.9 cm³/mol. The zero-order valence-electron chi connectivity index (χ0n) is 12.5. The van der Waals surface area contributed by atoms with E-state index in [0.717, 1.165) is 6.42 Å². The second-order valence-corrected chi connectivity index (χ2v) is 7.87. The standard InChI is InChI=1S/C15H26NO2/c1-9-11(13(17)16(18)14(2,3)4)7-10-8-12(9)15(10,5)6/h9-12H,7-8H2,1-6H3. The maximum atomic E-state index is 12.3. The van der Waals surface area contributed by atoms with Gasteiger partial charge in [0.15, 0.2) is 0 Å². The maximum absolute atomic E-state index is 12.3. The van der Waals surface area contributed by atoms with E-state index in [4.69, 9.17) is 0 Å². The normalized spacial score (nSPS) is 37.9. The van der Waals surface area contributed by atoms with E-state index >= 15 is 0 Å². The first-order chi connectivity index (χ1) is 8.06. The van der Waals surface area contributed by atoms with Crippen LogP contribution in [0.3, 0.4) is 0 Å². The van der Waals surface area contributed by atoms with Crippen molar-refractivity contribution in [3.05, 3.63) is 0 Å². The summed E-state index contributed by atoms with van der Waals surface area (Å²) in [6, 6.07) is 0. The first-order valence-corrected chi connectivity index (χ1v) is 7.08. The topological polar surface area (TPSA) is 40.2 Å². The first kappa shape index (κ1) is 13.9. The van der Waals surface area contributed by atoms with Crippen molar-refractivity contribution in [2.45, 2.75) is 59.9 Å². The highest BCUT2D eigenvalue weighted by Crippen LogP contribution is 2.63. The van der Waals surface area contributed by atoms with E-state index in [-0.39, 0.29) is 11.8 Å². The number of hydrogen-bond acceptors (Lipinski definition) is 1. The lowest BCUT2D eigenvalue weighted by Gasteiger charge is -2.61. The highest BCUT2D eigenvalue weighted by molar-refractivity contribution is 5.79. The van der Waals surface area contributed by atoms with Crippen molar-refractivity contribution in [2.24, 2.45) is 29.1 Å². The number of hydrogen-bond donors (Lipinski definition) is 0. The monoisotopic (exact) mass is 252 g/mol. The molecule has 3 heteroatoms. The van der Waals surface area contributed by atoms with Crippen LogP contribution in [-0.2, 0) is 10.0 Å². The lowest BCUT2D eigenvalue weighted by molar-refractivity contribution is -0.230. The van der Waals surface area contributed by atoms with Gasteiger partial charge in [-0.15, -0.1) is 0 Å². The molecule has 2 bridgehead atoms. The Bertz CT molecular complexity index is 356. The number of carbonyl (C=O) groups is 1. The molecule has 18 heavy (non-hydrogen) atoms. The molecule has 103 valence electrons. The minimum Gasteiger partial charge on any atom is -0.272 e. The van der Waals surface area contributed by atoms with Gasteiger partial charge in [-0.05, 0) is 56.8 Å². The zero-order valence-corrected chi connectivity index (χ0v) is 12.5. The molecule has 4 unspecified atom stereocenters. The third kappa shape index (κ3) is 1.87. The van der Waals surface area contributed by atoms with Gasteiger partial charge in [0, 0.05) is 5.92 Å². The van der Waals surface area contributed by atoms with E-state index in [1.165, 1.54) is 6.42 Å². The van der Waals surface area contributed by atoms with Gasteiger partial charge in [-0.3, -0.25) is 4.79 Å². The van der Waals surface area contributed by atoms with Crippen LogP contribution in [-0.4, -0.2) is 16.5 Å². The molecule has 1 radical (unpaired) electrons. The molecule has 0 aromatic carbocycles. The van der Waals surface area contributed by atoms with Gasteiger partial charge in [-0.2, -0.15) is 5.06 Å². The zero-order chi connectivity index (χ0) is 13.9. The summed E-state index contributed by atoms with van der Waals surface area (Å²) in [5.74, 6) is 1.33. The van der Waals surface area contributed by atoms with Gasteiger partial charge in [0.25, 0.3) is 5.91 Å². The summed E-state index contributed by atoms with van der Waals surface area (Å²) in [6.07, 6.45) is 2.14. The van der Waals surface area contributed by atoms with Crippen LogP contribution in [0.4, 0.5) is 0 Å². The minimum atomic E-state index is -0.617. The summed E-state index contributed by atoms with van der Waals surface area (Å²) in [4.78, 5) is 12.3. The van der Waals surface area contributed by atoms with Crippen LogP contribution in [0.1, 0.15) is 54.4 Å². The largest absolute Gasteiger partial charge is 0.272 e. The van der Waals surface area contributed by atoms with Gasteiger partial charge >= 0.3 is 0 Å². The molecular weight excluding hydrogens is 226 g/mol. The highest BCUT2D eigenvalue weighted by Gasteiger charge is 2.58. The summed E-state index contributed by atoms with van der Waals surface area (Å²) < 4.78 is 0. The van der Waals surface area contributed by atoms with Crippen molar-refractivity contribution >= 4 is 5.91 Å². The summed E-state index contributed by atoms with van der Waals surface area (Å²) in [6.45, 7) is 12.2. The van der Waals surface area contributed by atoms with Crippen LogP contribution >= 0.6 is 0 Å². The molecule has 3 nitrogen and oxygen atoms in total. The molecule has 0 N–H and O–H groups in total. The third-order valence-electron chi connectivity index (χ3n) is 5.48. The van der Waals surface area contributed by atoms with E-state index in [9.17, 15) is 10.0 Å². The predicted octanol–water partition coefficient (Wildman–Crippen LogP) is 3.28. The Balaban J connectivity index is 2.11. The van der Waals surface area contributed by atoms with E-state index in [1.807, 2.05) is 0 Å². The average molecular weight is 252 g/mol. The average Bonchev–Trinajstić information content (AvgIpc) is 2.25. The van der Waals surface area contributed by atoms with Crippen molar-refractivity contribution in [3.8, 4) is 0 Å². The molecule has 3 aliphatic rings. The van der Waals surface area contributed by atoms with Crippen LogP contribution in [0.2, 0.25) is 0 Å². The Morgan fingerprint density at radius 3 is 2.17 bits per heavy atom. The van der Waals surface area contributed by atoms with Crippen molar-refractivity contribution in [1.82, 2.24) is 5.06 Å². The quantitative estimate of drug-likeness (QED) is 0.660. The van der Waals surface area contributed by atoms with E-state index in [1.54, 1.807) is 20.8 Å². The molecule has 1 amide bonds. The van der Waals surface area contributed by atoms with Gasteiger partial charge in [-0.1, -0.05) is 26.0 Å². The second-order valence-electron chi connectivity index (χ2n) is 7.87. The van der Waals surface area contributed by atoms with Crippen molar-refractivity contribution in [2.75, 3.05) is 0 Å². The Morgan fingerprint density at radius 1 is 1.22 bits per heavy atom. The van der Waals surface area contributed by atoms with Crippen molar-refractivity contribution in [3.63, 3.8) is 0 Å². The fraction of sp³-hybridized carbons (Fsp3) is 0.933. The van der Waals surface area contributed by atoms with Gasteiger partial charge in [0.2, 0.25) is 0 Å². The molecule has 0 spiro atoms. The lowest BCUT2D eigenvalue weighted by Crippen LogP contribution is -2.58. The van der Waals surface area contributed by atoms with E-state index in [0.29, 0.717) is 28.2 Å². The molecule has 3 saturated carbocycles. The Morgan fingerprint density at radius 2 is 1.78 bits per heavy atom. The summed E-state index contributed by atoms with van der Waals surface area (Å²) in [7, 11) is 0. The van der Waals surface area contributed by atoms with Crippen LogP contribution in [0.15, 0.2) is 0 Å². The minimum absolute atomic E-state index is 0.0569. The number of amides is 1. The van der Waals surface area contributed by atoms with E-state index in [2.05, 4.69) is 20.8 Å². The SMILES string of the molecule is CC1C(C(=O)N([O])C(C)(C)C)CC2CC1C2(C)C. The summed E-state index contributed by atoms with van der Waals surface area (Å²) in [5.41, 5.74) is -0.250. The second kappa shape index (κ2) is 3.96. The highest BCUT2D eigenvalue weighted by atomic mass is 16.5. The number of fused-ring (bicyclic) bond motifs is 2. The molecule has 0 heterocycles. The molecule has 0 aromatic heterocycles. The molecule has 0 aromatic rings. The van der Waals surface area contributed by atoms with Gasteiger partial charge in [0.05, 0.1) is 5.54 Å². The van der Waals surface area contributed by atoms with Gasteiger partial charge < -0.3 is 0 Å². The van der Waals surface area contributed by atoms with Gasteiger partial charge in [0.1, 0.15) is 0 Å². The molecular formula is C15H26NO2. The molecule has 3 aliphatic carbocycles. The number of carbonyl (C=O) groups excluding carboxylic acids is 1. The van der Waals surface area contributed by atoms with Crippen molar-refractivity contribution in [1.29, 1.82) is 0 Å². The smallest absolute Gasteiger partial charge is 0.252 e. The molecule has 4 atom stereocenters. The van der Waals surface area contributed by atoms with Crippen LogP contribution in [0, 0.1) is 29.1 Å². The van der Waals surface area contributed by atoms with Gasteiger partial charge in [-0.25, -0.2) is 0 Å².